The van der Waals surface area contributed by atoms with Gasteiger partial charge in [-0.05, 0) is 30.3 Å². The molecule has 92 valence electrons. The van der Waals surface area contributed by atoms with Gasteiger partial charge < -0.3 is 14.7 Å². The lowest BCUT2D eigenvalue weighted by Gasteiger charge is -2.04. The highest BCUT2D eigenvalue weighted by atomic mass is 32.2. The lowest BCUT2D eigenvalue weighted by atomic mass is 10.2. The molecule has 0 saturated heterocycles. The van der Waals surface area contributed by atoms with Crippen molar-refractivity contribution in [3.63, 3.8) is 0 Å². The molecule has 0 fully saturated rings. The topological polar surface area (TPSA) is 78.1 Å². The first-order valence-electron chi connectivity index (χ1n) is 5.44. The molecule has 1 unspecified atom stereocenters. The van der Waals surface area contributed by atoms with E-state index in [4.69, 9.17) is 14.7 Å². The fourth-order valence-corrected chi connectivity index (χ4v) is 2.18. The molecule has 0 spiro atoms. The molecule has 17 heavy (non-hydrogen) atoms. The van der Waals surface area contributed by atoms with Crippen molar-refractivity contribution in [2.75, 3.05) is 12.3 Å². The molecule has 0 aliphatic carbocycles. The normalized spacial score (nSPS) is 12.8. The minimum Gasteiger partial charge on any atom is -0.461 e. The quantitative estimate of drug-likeness (QED) is 0.850. The molecule has 0 aliphatic heterocycles. The number of aromatic nitrogens is 2. The molecular formula is C11H15N3O2S. The van der Waals surface area contributed by atoms with Gasteiger partial charge in [-0.2, -0.15) is 16.7 Å². The number of rotatable bonds is 6. The minimum atomic E-state index is 0.498. The molecule has 1 atom stereocenters. The van der Waals surface area contributed by atoms with E-state index in [1.54, 1.807) is 30.2 Å². The van der Waals surface area contributed by atoms with Crippen LogP contribution in [0.3, 0.4) is 0 Å². The Kier molecular flexibility index (Phi) is 4.22. The zero-order valence-corrected chi connectivity index (χ0v) is 10.4. The van der Waals surface area contributed by atoms with E-state index in [0.717, 1.165) is 5.75 Å². The monoisotopic (exact) mass is 253 g/mol. The van der Waals surface area contributed by atoms with Crippen LogP contribution in [0.15, 0.2) is 27.3 Å². The van der Waals surface area contributed by atoms with Gasteiger partial charge in [0, 0.05) is 0 Å². The van der Waals surface area contributed by atoms with Gasteiger partial charge in [-0.25, -0.2) is 0 Å². The standard InChI is InChI=1S/C11H15N3O2S/c1-8(5-12)6-17-7-10-13-11(14-16-10)9-3-2-4-15-9/h2-4,8H,5-7,12H2,1H3. The van der Waals surface area contributed by atoms with Crippen molar-refractivity contribution >= 4 is 11.8 Å². The van der Waals surface area contributed by atoms with E-state index < -0.39 is 0 Å². The SMILES string of the molecule is CC(CN)CSCc1nc(-c2ccco2)no1. The predicted octanol–water partition coefficient (Wildman–Crippen LogP) is 2.16. The zero-order valence-electron chi connectivity index (χ0n) is 9.63. The number of hydrogen-bond donors (Lipinski definition) is 1. The molecule has 0 aromatic carbocycles. The smallest absolute Gasteiger partial charge is 0.238 e. The Morgan fingerprint density at radius 1 is 1.53 bits per heavy atom. The van der Waals surface area contributed by atoms with E-state index in [1.807, 2.05) is 0 Å². The summed E-state index contributed by atoms with van der Waals surface area (Å²) in [7, 11) is 0. The highest BCUT2D eigenvalue weighted by molar-refractivity contribution is 7.98. The molecule has 6 heteroatoms. The fraction of sp³-hybridized carbons (Fsp3) is 0.455. The van der Waals surface area contributed by atoms with E-state index in [9.17, 15) is 0 Å². The van der Waals surface area contributed by atoms with E-state index in [2.05, 4.69) is 17.1 Å². The summed E-state index contributed by atoms with van der Waals surface area (Å²) in [6.45, 7) is 2.82. The molecule has 0 bridgehead atoms. The molecular weight excluding hydrogens is 238 g/mol. The first-order chi connectivity index (χ1) is 8.29. The molecule has 5 nitrogen and oxygen atoms in total. The Morgan fingerprint density at radius 2 is 2.41 bits per heavy atom. The van der Waals surface area contributed by atoms with Gasteiger partial charge >= 0.3 is 0 Å². The number of furan rings is 1. The highest BCUT2D eigenvalue weighted by Crippen LogP contribution is 2.19. The Hall–Kier alpha value is -1.27. The Morgan fingerprint density at radius 3 is 3.12 bits per heavy atom. The van der Waals surface area contributed by atoms with Gasteiger partial charge in [0.2, 0.25) is 11.7 Å². The van der Waals surface area contributed by atoms with Crippen LogP contribution >= 0.6 is 11.8 Å². The van der Waals surface area contributed by atoms with Crippen LogP contribution in [0.2, 0.25) is 0 Å². The summed E-state index contributed by atoms with van der Waals surface area (Å²) in [6.07, 6.45) is 1.59. The molecule has 2 aromatic rings. The van der Waals surface area contributed by atoms with E-state index in [-0.39, 0.29) is 0 Å². The largest absolute Gasteiger partial charge is 0.461 e. The second-order valence-electron chi connectivity index (χ2n) is 3.85. The number of nitrogens with two attached hydrogens (primary N) is 1. The molecule has 0 amide bonds. The van der Waals surface area contributed by atoms with Gasteiger partial charge in [0.1, 0.15) is 0 Å². The van der Waals surface area contributed by atoms with Gasteiger partial charge in [0.05, 0.1) is 12.0 Å². The maximum atomic E-state index is 5.54. The lowest BCUT2D eigenvalue weighted by molar-refractivity contribution is 0.390. The first kappa shape index (κ1) is 12.2. The number of hydrogen-bond acceptors (Lipinski definition) is 6. The molecule has 2 rings (SSSR count). The summed E-state index contributed by atoms with van der Waals surface area (Å²) >= 11 is 1.74. The summed E-state index contributed by atoms with van der Waals surface area (Å²) in [5.41, 5.74) is 5.54. The fourth-order valence-electron chi connectivity index (χ4n) is 1.23. The van der Waals surface area contributed by atoms with Crippen LogP contribution in [0.5, 0.6) is 0 Å². The van der Waals surface area contributed by atoms with E-state index in [0.29, 0.717) is 35.7 Å². The van der Waals surface area contributed by atoms with Gasteiger partial charge in [-0.3, -0.25) is 0 Å². The molecule has 0 saturated carbocycles. The van der Waals surface area contributed by atoms with Crippen molar-refractivity contribution < 1.29 is 8.94 Å². The molecule has 0 radical (unpaired) electrons. The van der Waals surface area contributed by atoms with Gasteiger partial charge in [-0.1, -0.05) is 12.1 Å². The van der Waals surface area contributed by atoms with Crippen LogP contribution in [-0.2, 0) is 5.75 Å². The van der Waals surface area contributed by atoms with Gasteiger partial charge in [-0.15, -0.1) is 0 Å². The maximum Gasteiger partial charge on any atom is 0.238 e. The Bertz CT molecular complexity index is 441. The van der Waals surface area contributed by atoms with Crippen LogP contribution in [-0.4, -0.2) is 22.4 Å². The third-order valence-electron chi connectivity index (χ3n) is 2.24. The highest BCUT2D eigenvalue weighted by Gasteiger charge is 2.10. The van der Waals surface area contributed by atoms with Crippen molar-refractivity contribution in [1.82, 2.24) is 10.1 Å². The zero-order chi connectivity index (χ0) is 12.1. The van der Waals surface area contributed by atoms with Crippen LogP contribution in [0.1, 0.15) is 12.8 Å². The third-order valence-corrected chi connectivity index (χ3v) is 3.50. The summed E-state index contributed by atoms with van der Waals surface area (Å²) in [5.74, 6) is 3.95. The second kappa shape index (κ2) is 5.88. The summed E-state index contributed by atoms with van der Waals surface area (Å²) in [5, 5.41) is 3.86. The summed E-state index contributed by atoms with van der Waals surface area (Å²) in [6, 6.07) is 3.60. The number of nitrogens with zero attached hydrogens (tertiary/aromatic N) is 2. The molecule has 2 heterocycles. The van der Waals surface area contributed by atoms with Crippen molar-refractivity contribution in [2.45, 2.75) is 12.7 Å². The summed E-state index contributed by atoms with van der Waals surface area (Å²) in [4.78, 5) is 4.25. The minimum absolute atomic E-state index is 0.498. The van der Waals surface area contributed by atoms with Crippen molar-refractivity contribution in [3.05, 3.63) is 24.3 Å². The van der Waals surface area contributed by atoms with Crippen molar-refractivity contribution in [2.24, 2.45) is 11.7 Å². The average molecular weight is 253 g/mol. The first-order valence-corrected chi connectivity index (χ1v) is 6.59. The van der Waals surface area contributed by atoms with Crippen LogP contribution in [0.25, 0.3) is 11.6 Å². The van der Waals surface area contributed by atoms with E-state index >= 15 is 0 Å². The van der Waals surface area contributed by atoms with E-state index in [1.165, 1.54) is 0 Å². The van der Waals surface area contributed by atoms with Crippen LogP contribution in [0.4, 0.5) is 0 Å². The summed E-state index contributed by atoms with van der Waals surface area (Å²) < 4.78 is 10.3. The molecule has 0 aliphatic rings. The average Bonchev–Trinajstić information content (AvgIpc) is 2.98. The van der Waals surface area contributed by atoms with Crippen LogP contribution in [0, 0.1) is 5.92 Å². The van der Waals surface area contributed by atoms with Crippen molar-refractivity contribution in [3.8, 4) is 11.6 Å². The maximum absolute atomic E-state index is 5.54. The number of thioether (sulfide) groups is 1. The van der Waals surface area contributed by atoms with Gasteiger partial charge in [0.15, 0.2) is 5.76 Å². The second-order valence-corrected chi connectivity index (χ2v) is 4.88. The Labute approximate surface area is 104 Å². The third kappa shape index (κ3) is 3.34. The van der Waals surface area contributed by atoms with Gasteiger partial charge in [0.25, 0.3) is 0 Å². The predicted molar refractivity (Wildman–Crippen MR) is 66.4 cm³/mol. The van der Waals surface area contributed by atoms with Crippen molar-refractivity contribution in [1.29, 1.82) is 0 Å². The molecule has 2 aromatic heterocycles. The lowest BCUT2D eigenvalue weighted by Crippen LogP contribution is -2.12. The molecule has 2 N–H and O–H groups in total. The Balaban J connectivity index is 1.87. The van der Waals surface area contributed by atoms with Crippen LogP contribution < -0.4 is 5.73 Å².